The van der Waals surface area contributed by atoms with E-state index in [0.29, 0.717) is 16.8 Å². The summed E-state index contributed by atoms with van der Waals surface area (Å²) in [7, 11) is 0. The molecule has 0 aliphatic carbocycles. The normalized spacial score (nSPS) is 14.5. The number of benzene rings is 1. The first-order valence-electron chi connectivity index (χ1n) is 9.89. The molecule has 1 saturated heterocycles. The number of carbonyl (C=O) groups is 1. The summed E-state index contributed by atoms with van der Waals surface area (Å²) in [5.74, 6) is -2.45. The number of alkyl halides is 6. The van der Waals surface area contributed by atoms with Crippen LogP contribution in [0.2, 0.25) is 0 Å². The van der Waals surface area contributed by atoms with Crippen LogP contribution in [0.25, 0.3) is 0 Å². The monoisotopic (exact) mass is 504 g/mol. The second-order valence-corrected chi connectivity index (χ2v) is 7.56. The molecular formula is C20H15F7N6O2. The van der Waals surface area contributed by atoms with Gasteiger partial charge < -0.3 is 15.0 Å². The molecule has 1 aliphatic rings. The summed E-state index contributed by atoms with van der Waals surface area (Å²) in [6, 6.07) is 3.14. The van der Waals surface area contributed by atoms with E-state index in [9.17, 15) is 35.5 Å². The second-order valence-electron chi connectivity index (χ2n) is 7.56. The minimum atomic E-state index is -4.79. The zero-order valence-corrected chi connectivity index (χ0v) is 17.4. The molecule has 2 aromatic heterocycles. The molecule has 8 nitrogen and oxygen atoms in total. The van der Waals surface area contributed by atoms with Crippen molar-refractivity contribution in [1.29, 1.82) is 0 Å². The highest BCUT2D eigenvalue weighted by atomic mass is 19.4. The summed E-state index contributed by atoms with van der Waals surface area (Å²) in [5, 5.41) is 13.3. The number of rotatable bonds is 6. The largest absolute Gasteiger partial charge is 0.487 e. The van der Waals surface area contributed by atoms with E-state index < -0.39 is 42.3 Å². The molecule has 0 bridgehead atoms. The van der Waals surface area contributed by atoms with Crippen molar-refractivity contribution in [2.75, 3.05) is 23.3 Å². The lowest BCUT2D eigenvalue weighted by Crippen LogP contribution is -2.55. The Morgan fingerprint density at radius 1 is 1.09 bits per heavy atom. The highest BCUT2D eigenvalue weighted by Gasteiger charge is 2.38. The number of aromatic nitrogens is 4. The summed E-state index contributed by atoms with van der Waals surface area (Å²) in [5.41, 5.74) is -1.16. The summed E-state index contributed by atoms with van der Waals surface area (Å²) < 4.78 is 97.5. The number of anilines is 2. The van der Waals surface area contributed by atoms with Gasteiger partial charge in [0.15, 0.2) is 0 Å². The Morgan fingerprint density at radius 3 is 2.46 bits per heavy atom. The van der Waals surface area contributed by atoms with E-state index in [2.05, 4.69) is 20.6 Å². The van der Waals surface area contributed by atoms with Crippen molar-refractivity contribution in [2.45, 2.75) is 25.0 Å². The molecule has 4 rings (SSSR count). The number of nitrogens with one attached hydrogen (secondary N) is 1. The number of halogens is 7. The molecular weight excluding hydrogens is 489 g/mol. The molecule has 3 aromatic rings. The maximum absolute atomic E-state index is 13.6. The Morgan fingerprint density at radius 2 is 1.83 bits per heavy atom. The van der Waals surface area contributed by atoms with Gasteiger partial charge in [-0.15, -0.1) is 0 Å². The first-order chi connectivity index (χ1) is 16.4. The fraction of sp³-hybridized carbons (Fsp3) is 0.300. The Hall–Kier alpha value is -3.91. The van der Waals surface area contributed by atoms with E-state index >= 15 is 0 Å². The molecule has 1 aromatic carbocycles. The van der Waals surface area contributed by atoms with Gasteiger partial charge in [-0.2, -0.15) is 41.6 Å². The lowest BCUT2D eigenvalue weighted by molar-refractivity contribution is -0.142. The molecule has 1 aliphatic heterocycles. The molecule has 1 N–H and O–H groups in total. The van der Waals surface area contributed by atoms with Crippen LogP contribution >= 0.6 is 0 Å². The zero-order chi connectivity index (χ0) is 25.4. The van der Waals surface area contributed by atoms with Crippen molar-refractivity contribution in [3.63, 3.8) is 0 Å². The fourth-order valence-electron chi connectivity index (χ4n) is 3.39. The van der Waals surface area contributed by atoms with Crippen LogP contribution < -0.4 is 15.0 Å². The molecule has 0 atom stereocenters. The van der Waals surface area contributed by atoms with Crippen LogP contribution in [0.4, 0.5) is 42.2 Å². The quantitative estimate of drug-likeness (QED) is 0.513. The van der Waals surface area contributed by atoms with Crippen molar-refractivity contribution in [3.8, 4) is 5.75 Å². The predicted molar refractivity (Wildman–Crippen MR) is 106 cm³/mol. The molecule has 0 unspecified atom stereocenters. The van der Waals surface area contributed by atoms with E-state index in [-0.39, 0.29) is 35.9 Å². The second kappa shape index (κ2) is 9.03. The van der Waals surface area contributed by atoms with Gasteiger partial charge in [-0.1, -0.05) is 0 Å². The van der Waals surface area contributed by atoms with Crippen LogP contribution in [0.1, 0.15) is 15.9 Å². The highest BCUT2D eigenvalue weighted by Crippen LogP contribution is 2.34. The average Bonchev–Trinajstić information content (AvgIpc) is 3.11. The summed E-state index contributed by atoms with van der Waals surface area (Å²) in [4.78, 5) is 14.1. The van der Waals surface area contributed by atoms with Crippen LogP contribution in [0.15, 0.2) is 42.9 Å². The van der Waals surface area contributed by atoms with Gasteiger partial charge in [0.05, 0.1) is 42.9 Å². The minimum absolute atomic E-state index is 0.0848. The summed E-state index contributed by atoms with van der Waals surface area (Å²) >= 11 is 0. The van der Waals surface area contributed by atoms with Gasteiger partial charge in [-0.05, 0) is 18.2 Å². The minimum Gasteiger partial charge on any atom is -0.487 e. The van der Waals surface area contributed by atoms with Crippen molar-refractivity contribution < 1.29 is 40.3 Å². The van der Waals surface area contributed by atoms with Crippen LogP contribution in [0, 0.1) is 5.82 Å². The first-order valence-corrected chi connectivity index (χ1v) is 9.89. The average molecular weight is 504 g/mol. The zero-order valence-electron chi connectivity index (χ0n) is 17.4. The smallest absolute Gasteiger partial charge is 0.416 e. The molecule has 186 valence electrons. The van der Waals surface area contributed by atoms with E-state index in [1.807, 2.05) is 0 Å². The summed E-state index contributed by atoms with van der Waals surface area (Å²) in [6.07, 6.45) is -6.69. The van der Waals surface area contributed by atoms with Crippen molar-refractivity contribution in [2.24, 2.45) is 0 Å². The topological polar surface area (TPSA) is 85.2 Å². The highest BCUT2D eigenvalue weighted by molar-refractivity contribution is 6.07. The third-order valence-electron chi connectivity index (χ3n) is 4.88. The van der Waals surface area contributed by atoms with Crippen LogP contribution in [0.3, 0.4) is 0 Å². The Balaban J connectivity index is 1.52. The van der Waals surface area contributed by atoms with Gasteiger partial charge in [0.1, 0.15) is 35.6 Å². The standard InChI is InChI=1S/C20H15F7N6O2/c21-12-3-11(20(25,26)27)4-14(5-12)35-15-8-32(9-15)18-16(7-30-33(18)10-19(22,23)24)17(34)31-13-1-2-28-29-6-13/h1-7,15H,8-10H2,(H,28,31,34). The van der Waals surface area contributed by atoms with Gasteiger partial charge in [0.25, 0.3) is 5.91 Å². The lowest BCUT2D eigenvalue weighted by Gasteiger charge is -2.41. The van der Waals surface area contributed by atoms with Crippen LogP contribution in [0.5, 0.6) is 5.75 Å². The van der Waals surface area contributed by atoms with E-state index in [4.69, 9.17) is 4.74 Å². The van der Waals surface area contributed by atoms with Crippen molar-refractivity contribution in [3.05, 3.63) is 59.8 Å². The number of hydrogen-bond donors (Lipinski definition) is 1. The molecule has 35 heavy (non-hydrogen) atoms. The molecule has 15 heteroatoms. The maximum atomic E-state index is 13.6. The molecule has 1 amide bonds. The van der Waals surface area contributed by atoms with Crippen LogP contribution in [-0.2, 0) is 12.7 Å². The third kappa shape index (κ3) is 5.78. The lowest BCUT2D eigenvalue weighted by atomic mass is 10.1. The molecule has 0 spiro atoms. The van der Waals surface area contributed by atoms with Gasteiger partial charge in [-0.25, -0.2) is 9.07 Å². The number of nitrogens with zero attached hydrogens (tertiary/aromatic N) is 5. The Labute approximate surface area is 192 Å². The van der Waals surface area contributed by atoms with Gasteiger partial charge in [0.2, 0.25) is 0 Å². The Kier molecular flexibility index (Phi) is 6.25. The predicted octanol–water partition coefficient (Wildman–Crippen LogP) is 3.91. The third-order valence-corrected chi connectivity index (χ3v) is 4.88. The number of ether oxygens (including phenoxy) is 1. The SMILES string of the molecule is O=C(Nc1ccnnc1)c1cnn(CC(F)(F)F)c1N1CC(Oc2cc(F)cc(C(F)(F)F)c2)C1. The molecule has 3 heterocycles. The van der Waals surface area contributed by atoms with Gasteiger partial charge >= 0.3 is 12.4 Å². The van der Waals surface area contributed by atoms with E-state index in [1.54, 1.807) is 0 Å². The Bertz CT molecular complexity index is 1210. The van der Waals surface area contributed by atoms with Crippen LogP contribution in [-0.4, -0.2) is 51.3 Å². The number of carbonyl (C=O) groups excluding carboxylic acids is 1. The van der Waals surface area contributed by atoms with Gasteiger partial charge in [0, 0.05) is 6.07 Å². The summed E-state index contributed by atoms with van der Waals surface area (Å²) in [6.45, 7) is -1.65. The van der Waals surface area contributed by atoms with E-state index in [0.717, 1.165) is 12.3 Å². The van der Waals surface area contributed by atoms with Crippen molar-refractivity contribution >= 4 is 17.4 Å². The fourth-order valence-corrected chi connectivity index (χ4v) is 3.39. The van der Waals surface area contributed by atoms with Crippen molar-refractivity contribution in [1.82, 2.24) is 20.0 Å². The molecule has 0 saturated carbocycles. The first kappa shape index (κ1) is 24.2. The van der Waals surface area contributed by atoms with Gasteiger partial charge in [-0.3, -0.25) is 4.79 Å². The number of hydrogen-bond acceptors (Lipinski definition) is 6. The maximum Gasteiger partial charge on any atom is 0.416 e. The molecule has 1 fully saturated rings. The number of amides is 1. The molecule has 0 radical (unpaired) electrons. The van der Waals surface area contributed by atoms with E-state index in [1.165, 1.54) is 23.4 Å².